The zero-order valence-electron chi connectivity index (χ0n) is 50.2. The zero-order valence-corrected chi connectivity index (χ0v) is 50.2. The van der Waals surface area contributed by atoms with Crippen molar-refractivity contribution in [2.45, 2.75) is 153 Å². The predicted octanol–water partition coefficient (Wildman–Crippen LogP) is 9.24. The first-order valence-electron chi connectivity index (χ1n) is 31.3. The van der Waals surface area contributed by atoms with Gasteiger partial charge in [0.1, 0.15) is 47.7 Å². The van der Waals surface area contributed by atoms with Gasteiger partial charge in [-0.05, 0) is 152 Å². The summed E-state index contributed by atoms with van der Waals surface area (Å²) in [5.74, 6) is 2.08. The molecule has 10 heterocycles. The summed E-state index contributed by atoms with van der Waals surface area (Å²) >= 11 is 0. The molecule has 87 heavy (non-hydrogen) atoms. The van der Waals surface area contributed by atoms with Gasteiger partial charge in [-0.1, -0.05) is 49.1 Å². The van der Waals surface area contributed by atoms with Gasteiger partial charge < -0.3 is 24.0 Å². The number of hydrogen-bond acceptors (Lipinski definition) is 14. The number of fused-ring (bicyclic) bond motifs is 6. The summed E-state index contributed by atoms with van der Waals surface area (Å²) < 4.78 is 54.4. The number of ether oxygens (including phenoxy) is 3. The third-order valence-corrected chi connectivity index (χ3v) is 20.0. The molecule has 0 spiro atoms. The fraction of sp³-hybridized carbons (Fsp3) is 0.545. The van der Waals surface area contributed by atoms with E-state index in [4.69, 9.17) is 30.6 Å². The van der Waals surface area contributed by atoms with Gasteiger partial charge in [-0.2, -0.15) is 9.97 Å². The second-order valence-corrected chi connectivity index (χ2v) is 26.5. The first kappa shape index (κ1) is 58.3. The van der Waals surface area contributed by atoms with Crippen LogP contribution in [-0.4, -0.2) is 156 Å². The summed E-state index contributed by atoms with van der Waals surface area (Å²) in [6.07, 6.45) is 18.8. The molecule has 2 bridgehead atoms. The molecular weight excluding hydrogens is 1110 g/mol. The van der Waals surface area contributed by atoms with Crippen LogP contribution in [0.4, 0.5) is 24.2 Å². The number of piperazine rings is 1. The molecule has 3 unspecified atom stereocenters. The maximum absolute atomic E-state index is 17.5. The van der Waals surface area contributed by atoms with Crippen LogP contribution in [-0.2, 0) is 32.7 Å². The molecule has 19 nitrogen and oxygen atoms in total. The Morgan fingerprint density at radius 3 is 2.32 bits per heavy atom. The molecule has 7 saturated heterocycles. The molecule has 1 N–H and O–H groups in total. The summed E-state index contributed by atoms with van der Waals surface area (Å²) in [5.41, 5.74) is 1.63. The Hall–Kier alpha value is -7.70. The minimum absolute atomic E-state index is 0.000806. The van der Waals surface area contributed by atoms with E-state index in [9.17, 15) is 24.0 Å². The number of aromatic nitrogens is 5. The molecule has 7 aliphatic rings. The van der Waals surface area contributed by atoms with Crippen molar-refractivity contribution in [3.8, 4) is 29.6 Å². The number of benzene rings is 3. The second-order valence-electron chi connectivity index (χ2n) is 26.5. The number of carbonyl (C=O) groups is 4. The summed E-state index contributed by atoms with van der Waals surface area (Å²) in [6.45, 7) is 11.9. The van der Waals surface area contributed by atoms with Crippen LogP contribution in [0.15, 0.2) is 59.5 Å². The number of likely N-dealkylation sites (tertiary alicyclic amines) is 2. The van der Waals surface area contributed by atoms with Crippen molar-refractivity contribution in [1.29, 1.82) is 0 Å². The van der Waals surface area contributed by atoms with Crippen LogP contribution >= 0.6 is 0 Å². The van der Waals surface area contributed by atoms with E-state index in [1.807, 2.05) is 42.7 Å². The van der Waals surface area contributed by atoms with Gasteiger partial charge in [0, 0.05) is 69.4 Å². The topological polar surface area (TPSA) is 190 Å². The molecule has 4 amide bonds. The van der Waals surface area contributed by atoms with E-state index in [0.717, 1.165) is 108 Å². The van der Waals surface area contributed by atoms with Crippen molar-refractivity contribution in [3.05, 3.63) is 88.0 Å². The van der Waals surface area contributed by atoms with E-state index in [-0.39, 0.29) is 89.9 Å². The minimum Gasteiger partial charge on any atom is -0.461 e. The Labute approximate surface area is 504 Å². The van der Waals surface area contributed by atoms with Crippen LogP contribution in [0.2, 0.25) is 0 Å². The number of terminal acetylenes is 1. The predicted molar refractivity (Wildman–Crippen MR) is 324 cm³/mol. The Morgan fingerprint density at radius 2 is 1.60 bits per heavy atom. The number of pyridine rings is 1. The number of hydrogen-bond donors (Lipinski definition) is 1. The lowest BCUT2D eigenvalue weighted by molar-refractivity contribution is -0.135. The number of imide groups is 1. The molecule has 6 aromatic rings. The lowest BCUT2D eigenvalue weighted by atomic mass is 9.85. The number of nitrogens with zero attached hydrogens (tertiary/aromatic N) is 10. The van der Waals surface area contributed by atoms with Gasteiger partial charge in [0.15, 0.2) is 5.82 Å². The Balaban J connectivity index is 0.618. The normalized spacial score (nSPS) is 24.1. The highest BCUT2D eigenvalue weighted by molar-refractivity contribution is 6.02. The van der Waals surface area contributed by atoms with Crippen LogP contribution in [0, 0.1) is 35.8 Å². The number of aryl methyl sites for hydroxylation is 1. The Morgan fingerprint density at radius 1 is 0.851 bits per heavy atom. The molecule has 0 saturated carbocycles. The Kier molecular flexibility index (Phi) is 15.7. The van der Waals surface area contributed by atoms with E-state index in [1.165, 1.54) is 17.1 Å². The maximum Gasteiger partial charge on any atom is 0.410 e. The van der Waals surface area contributed by atoms with Gasteiger partial charge in [-0.25, -0.2) is 23.2 Å². The number of amides is 4. The largest absolute Gasteiger partial charge is 0.461 e. The monoisotopic (exact) mass is 1190 g/mol. The summed E-state index contributed by atoms with van der Waals surface area (Å²) in [5, 5.41) is 3.77. The lowest BCUT2D eigenvalue weighted by Crippen LogP contribution is -2.57. The van der Waals surface area contributed by atoms with Crippen LogP contribution in [0.5, 0.6) is 6.01 Å². The fourth-order valence-corrected chi connectivity index (χ4v) is 15.4. The van der Waals surface area contributed by atoms with Crippen molar-refractivity contribution < 1.29 is 42.2 Å². The highest BCUT2D eigenvalue weighted by atomic mass is 19.1. The first-order valence-corrected chi connectivity index (χ1v) is 31.3. The van der Waals surface area contributed by atoms with Gasteiger partial charge in [-0.15, -0.1) is 6.42 Å². The number of piperidine rings is 3. The quantitative estimate of drug-likeness (QED) is 0.0851. The zero-order chi connectivity index (χ0) is 60.5. The van der Waals surface area contributed by atoms with Crippen LogP contribution < -0.4 is 20.6 Å². The van der Waals surface area contributed by atoms with E-state index < -0.39 is 29.2 Å². The number of nitrogens with one attached hydrogen (secondary N) is 1. The molecule has 7 aliphatic heterocycles. The summed E-state index contributed by atoms with van der Waals surface area (Å²) in [4.78, 5) is 90.1. The molecule has 3 aromatic carbocycles. The Bertz CT molecular complexity index is 3790. The smallest absolute Gasteiger partial charge is 0.410 e. The van der Waals surface area contributed by atoms with Crippen LogP contribution in [0.25, 0.3) is 44.0 Å². The highest BCUT2D eigenvalue weighted by Gasteiger charge is 2.51. The number of carbonyl (C=O) groups excluding carboxylic acids is 4. The van der Waals surface area contributed by atoms with Crippen LogP contribution in [0.1, 0.15) is 128 Å². The third kappa shape index (κ3) is 11.2. The first-order chi connectivity index (χ1) is 41.9. The number of imidazole rings is 1. The molecule has 21 heteroatoms. The number of anilines is 1. The van der Waals surface area contributed by atoms with Crippen molar-refractivity contribution in [2.75, 3.05) is 63.9 Å². The van der Waals surface area contributed by atoms with Crippen molar-refractivity contribution in [3.63, 3.8) is 0 Å². The number of halogens is 2. The van der Waals surface area contributed by atoms with E-state index in [0.29, 0.717) is 77.5 Å². The highest BCUT2D eigenvalue weighted by Crippen LogP contribution is 2.44. The summed E-state index contributed by atoms with van der Waals surface area (Å²) in [7, 11) is 1.73. The van der Waals surface area contributed by atoms with Gasteiger partial charge in [0.25, 0.3) is 0 Å². The van der Waals surface area contributed by atoms with Crippen molar-refractivity contribution in [2.24, 2.45) is 18.9 Å². The SMILES string of the molecule is C#Cc1c(F)ccc2cccc(-c3ncc4c(N5CC6CCC(C5)N6C(=O)OC(C)(C)C)nc(OC[C@@]56CCCN5[C@H](COC(=O)N5CCC(CCC7CCN(Cc8ccc9c(c8)n(C)c(=O)n9C8CCC(=O)NC8=O)CC7)CC5)CC6)nc4c3F)c12. The molecule has 0 aliphatic carbocycles. The third-order valence-electron chi connectivity index (χ3n) is 20.0. The molecule has 7 fully saturated rings. The van der Waals surface area contributed by atoms with Crippen molar-refractivity contribution >= 4 is 62.5 Å². The lowest BCUT2D eigenvalue weighted by Gasteiger charge is -2.42. The second kappa shape index (κ2) is 23.4. The molecule has 3 aromatic heterocycles. The molecular formula is C66H77F2N11O8. The van der Waals surface area contributed by atoms with Crippen LogP contribution in [0.3, 0.4) is 0 Å². The molecule has 0 radical (unpaired) electrons. The standard InChI is InChI=1S/C66H77F2N11O8/c1-6-47-50(67)17-14-43-9-7-10-48(55(43)47)57-56(68)58-49(34-69-57)59(76-36-44-15-16-45(37-76)78(44)64(84)87-65(2,3)4)72-61(71-58)86-39-66-26-8-28-77(66)46(21-27-66)38-85-63(83)75-31-24-41(25-32-75)12-11-40-22-29-74(30-23-40)35-42-13-18-51-53(33-42)73(5)62(82)79(51)52-19-20-54(80)70-60(52)81/h1,7,9-10,13-14,17-18,33-34,40-41,44-46,52H,8,11-12,15-16,19-32,35-39H2,2-5H3,(H,70,80,81)/t44?,45?,46-,52?,66-/m0/s1. The van der Waals surface area contributed by atoms with Gasteiger partial charge in [0.2, 0.25) is 11.8 Å². The van der Waals surface area contributed by atoms with E-state index in [2.05, 4.69) is 37.0 Å². The molecule has 458 valence electrons. The fourth-order valence-electron chi connectivity index (χ4n) is 15.4. The van der Waals surface area contributed by atoms with Crippen molar-refractivity contribution in [1.82, 2.24) is 49.0 Å². The van der Waals surface area contributed by atoms with E-state index >= 15 is 8.78 Å². The van der Waals surface area contributed by atoms with Gasteiger partial charge >= 0.3 is 23.9 Å². The maximum atomic E-state index is 17.5. The van der Waals surface area contributed by atoms with Gasteiger partial charge in [-0.3, -0.25) is 43.7 Å². The number of rotatable bonds is 13. The average molecular weight is 1190 g/mol. The molecule has 13 rings (SSSR count). The summed E-state index contributed by atoms with van der Waals surface area (Å²) in [6, 6.07) is 13.2. The molecule has 5 atom stereocenters. The minimum atomic E-state index is -0.721. The van der Waals surface area contributed by atoms with Gasteiger partial charge in [0.05, 0.1) is 39.6 Å². The average Bonchev–Trinajstić information content (AvgIpc) is 1.84. The van der Waals surface area contributed by atoms with E-state index in [1.54, 1.807) is 42.1 Å².